The van der Waals surface area contributed by atoms with Crippen molar-refractivity contribution in [3.63, 3.8) is 0 Å². The molecular weight excluding hydrogens is 278 g/mol. The molecule has 0 aliphatic carbocycles. The molecule has 19 heavy (non-hydrogen) atoms. The van der Waals surface area contributed by atoms with Gasteiger partial charge in [0.05, 0.1) is 11.0 Å². The van der Waals surface area contributed by atoms with Crippen LogP contribution in [0.25, 0.3) is 11.0 Å². The predicted molar refractivity (Wildman–Crippen MR) is 80.3 cm³/mol. The maximum atomic E-state index is 5.31. The van der Waals surface area contributed by atoms with Gasteiger partial charge in [-0.2, -0.15) is 0 Å². The van der Waals surface area contributed by atoms with Crippen LogP contribution in [-0.4, -0.2) is 15.0 Å². The lowest BCUT2D eigenvalue weighted by Gasteiger charge is -1.93. The largest absolute Gasteiger partial charge is 0.333 e. The summed E-state index contributed by atoms with van der Waals surface area (Å²) in [6, 6.07) is 6.21. The maximum Gasteiger partial charge on any atom is 0.197 e. The molecule has 0 saturated carbocycles. The van der Waals surface area contributed by atoms with Gasteiger partial charge in [0, 0.05) is 16.8 Å². The highest BCUT2D eigenvalue weighted by Gasteiger charge is 2.06. The monoisotopic (exact) mass is 291 g/mol. The molecule has 0 aliphatic heterocycles. The molecule has 2 heterocycles. The fourth-order valence-corrected chi connectivity index (χ4v) is 3.38. The van der Waals surface area contributed by atoms with E-state index in [2.05, 4.69) is 39.4 Å². The smallest absolute Gasteiger partial charge is 0.197 e. The van der Waals surface area contributed by atoms with Crippen molar-refractivity contribution in [3.05, 3.63) is 34.8 Å². The van der Waals surface area contributed by atoms with Crippen LogP contribution >= 0.6 is 23.1 Å². The molecular formula is C12H13N5S2. The van der Waals surface area contributed by atoms with Crippen LogP contribution in [0.4, 0.5) is 5.13 Å². The number of imidazole rings is 1. The summed E-state index contributed by atoms with van der Waals surface area (Å²) in [6.07, 6.45) is 1.83. The van der Waals surface area contributed by atoms with Crippen molar-refractivity contribution in [1.29, 1.82) is 0 Å². The summed E-state index contributed by atoms with van der Waals surface area (Å²) >= 11 is 3.22. The minimum absolute atomic E-state index is 0.732. The third kappa shape index (κ3) is 2.73. The van der Waals surface area contributed by atoms with Gasteiger partial charge in [-0.1, -0.05) is 17.8 Å². The number of nitrogen functional groups attached to an aromatic ring is 1. The quantitative estimate of drug-likeness (QED) is 0.391. The SMILES string of the molecule is Cc1ccc2nc(SCc3cnc(NN)s3)[nH]c2c1. The molecule has 5 nitrogen and oxygen atoms in total. The number of fused-ring (bicyclic) bond motifs is 1. The zero-order valence-corrected chi connectivity index (χ0v) is 11.9. The molecule has 3 rings (SSSR count). The molecule has 0 amide bonds. The molecule has 0 atom stereocenters. The van der Waals surface area contributed by atoms with Crippen LogP contribution in [0, 0.1) is 6.92 Å². The van der Waals surface area contributed by atoms with Crippen LogP contribution in [-0.2, 0) is 5.75 Å². The van der Waals surface area contributed by atoms with E-state index in [1.165, 1.54) is 5.56 Å². The number of nitrogens with two attached hydrogens (primary N) is 1. The number of H-pyrrole nitrogens is 1. The number of anilines is 1. The highest BCUT2D eigenvalue weighted by atomic mass is 32.2. The summed E-state index contributed by atoms with van der Waals surface area (Å²) in [5.41, 5.74) is 5.86. The Labute approximate surface area is 118 Å². The number of thioether (sulfide) groups is 1. The summed E-state index contributed by atoms with van der Waals surface area (Å²) in [4.78, 5) is 13.2. The molecule has 0 spiro atoms. The second-order valence-corrected chi connectivity index (χ2v) is 6.21. The second kappa shape index (κ2) is 5.20. The van der Waals surface area contributed by atoms with Crippen LogP contribution in [0.2, 0.25) is 0 Å². The number of aryl methyl sites for hydroxylation is 1. The van der Waals surface area contributed by atoms with Crippen molar-refractivity contribution in [2.24, 2.45) is 5.84 Å². The topological polar surface area (TPSA) is 79.6 Å². The number of aromatic nitrogens is 3. The van der Waals surface area contributed by atoms with Gasteiger partial charge in [0.1, 0.15) is 0 Å². The lowest BCUT2D eigenvalue weighted by molar-refractivity contribution is 1.08. The molecule has 0 fully saturated rings. The standard InChI is InChI=1S/C12H13N5S2/c1-7-2-3-9-10(4-7)16-12(15-9)18-6-8-5-14-11(17-13)19-8/h2-5H,6,13H2,1H3,(H,14,17)(H,15,16). The van der Waals surface area contributed by atoms with Crippen molar-refractivity contribution in [2.45, 2.75) is 17.8 Å². The van der Waals surface area contributed by atoms with Crippen molar-refractivity contribution in [2.75, 3.05) is 5.43 Å². The minimum Gasteiger partial charge on any atom is -0.333 e. The van der Waals surface area contributed by atoms with E-state index in [4.69, 9.17) is 5.84 Å². The molecule has 7 heteroatoms. The fraction of sp³-hybridized carbons (Fsp3) is 0.167. The van der Waals surface area contributed by atoms with Crippen LogP contribution in [0.3, 0.4) is 0 Å². The first kappa shape index (κ1) is 12.5. The first-order chi connectivity index (χ1) is 9.24. The van der Waals surface area contributed by atoms with Crippen LogP contribution in [0.1, 0.15) is 10.4 Å². The number of nitrogens with zero attached hydrogens (tertiary/aromatic N) is 2. The molecule has 1 aromatic carbocycles. The van der Waals surface area contributed by atoms with Crippen molar-refractivity contribution in [3.8, 4) is 0 Å². The Balaban J connectivity index is 1.74. The highest BCUT2D eigenvalue weighted by Crippen LogP contribution is 2.27. The van der Waals surface area contributed by atoms with Gasteiger partial charge in [-0.25, -0.2) is 15.8 Å². The third-order valence-electron chi connectivity index (χ3n) is 2.64. The van der Waals surface area contributed by atoms with Gasteiger partial charge in [-0.15, -0.1) is 11.3 Å². The van der Waals surface area contributed by atoms with Crippen LogP contribution in [0.5, 0.6) is 0 Å². The molecule has 98 valence electrons. The first-order valence-electron chi connectivity index (χ1n) is 5.75. The average molecular weight is 291 g/mol. The number of thiazole rings is 1. The molecule has 4 N–H and O–H groups in total. The predicted octanol–water partition coefficient (Wildman–Crippen LogP) is 2.91. The number of rotatable bonds is 4. The Hall–Kier alpha value is -1.57. The van der Waals surface area contributed by atoms with Gasteiger partial charge in [-0.05, 0) is 24.6 Å². The Kier molecular flexibility index (Phi) is 3.41. The van der Waals surface area contributed by atoms with E-state index < -0.39 is 0 Å². The molecule has 0 unspecified atom stereocenters. The fourth-order valence-electron chi connectivity index (χ4n) is 1.75. The molecule has 0 saturated heterocycles. The van der Waals surface area contributed by atoms with Crippen LogP contribution < -0.4 is 11.3 Å². The molecule has 0 aliphatic rings. The Morgan fingerprint density at radius 1 is 1.47 bits per heavy atom. The summed E-state index contributed by atoms with van der Waals surface area (Å²) in [7, 11) is 0. The molecule has 0 radical (unpaired) electrons. The van der Waals surface area contributed by atoms with E-state index in [0.29, 0.717) is 0 Å². The third-order valence-corrected chi connectivity index (χ3v) is 4.68. The number of benzene rings is 1. The summed E-state index contributed by atoms with van der Waals surface area (Å²) < 4.78 is 0. The van der Waals surface area contributed by atoms with Crippen molar-refractivity contribution >= 4 is 39.3 Å². The number of hydrazine groups is 1. The van der Waals surface area contributed by atoms with Gasteiger partial charge in [0.25, 0.3) is 0 Å². The zero-order valence-electron chi connectivity index (χ0n) is 10.3. The van der Waals surface area contributed by atoms with E-state index in [0.717, 1.165) is 32.0 Å². The van der Waals surface area contributed by atoms with E-state index >= 15 is 0 Å². The number of aromatic amines is 1. The van der Waals surface area contributed by atoms with Crippen molar-refractivity contribution in [1.82, 2.24) is 15.0 Å². The minimum atomic E-state index is 0.732. The van der Waals surface area contributed by atoms with E-state index in [1.807, 2.05) is 12.3 Å². The van der Waals surface area contributed by atoms with Gasteiger partial charge < -0.3 is 4.98 Å². The average Bonchev–Trinajstić information content (AvgIpc) is 3.01. The summed E-state index contributed by atoms with van der Waals surface area (Å²) in [5.74, 6) is 6.14. The zero-order chi connectivity index (χ0) is 13.2. The van der Waals surface area contributed by atoms with Gasteiger partial charge in [0.15, 0.2) is 10.3 Å². The first-order valence-corrected chi connectivity index (χ1v) is 7.55. The maximum absolute atomic E-state index is 5.31. The van der Waals surface area contributed by atoms with Gasteiger partial charge in [-0.3, -0.25) is 5.43 Å². The van der Waals surface area contributed by atoms with Crippen molar-refractivity contribution < 1.29 is 0 Å². The second-order valence-electron chi connectivity index (χ2n) is 4.13. The normalized spacial score (nSPS) is 11.1. The Morgan fingerprint density at radius 2 is 2.37 bits per heavy atom. The van der Waals surface area contributed by atoms with E-state index in [-0.39, 0.29) is 0 Å². The Bertz CT molecular complexity index is 703. The van der Waals surface area contributed by atoms with E-state index in [9.17, 15) is 0 Å². The van der Waals surface area contributed by atoms with Gasteiger partial charge in [0.2, 0.25) is 0 Å². The lowest BCUT2D eigenvalue weighted by atomic mass is 10.2. The van der Waals surface area contributed by atoms with Gasteiger partial charge >= 0.3 is 0 Å². The molecule has 3 aromatic rings. The lowest BCUT2D eigenvalue weighted by Crippen LogP contribution is -2.05. The Morgan fingerprint density at radius 3 is 3.16 bits per heavy atom. The van der Waals surface area contributed by atoms with E-state index in [1.54, 1.807) is 23.1 Å². The summed E-state index contributed by atoms with van der Waals surface area (Å²) in [5, 5.41) is 1.66. The summed E-state index contributed by atoms with van der Waals surface area (Å²) in [6.45, 7) is 2.08. The number of nitrogens with one attached hydrogen (secondary N) is 2. The number of hydrogen-bond donors (Lipinski definition) is 3. The molecule has 0 bridgehead atoms. The van der Waals surface area contributed by atoms with Crippen LogP contribution in [0.15, 0.2) is 29.6 Å². The highest BCUT2D eigenvalue weighted by molar-refractivity contribution is 7.98. The molecule has 2 aromatic heterocycles. The number of hydrogen-bond acceptors (Lipinski definition) is 6.